The summed E-state index contributed by atoms with van der Waals surface area (Å²) in [4.78, 5) is 14.4. The van der Waals surface area contributed by atoms with Crippen LogP contribution in [0.5, 0.6) is 0 Å². The van der Waals surface area contributed by atoms with Crippen LogP contribution in [0.15, 0.2) is 30.3 Å². The van der Waals surface area contributed by atoms with Gasteiger partial charge >= 0.3 is 6.03 Å². The molecule has 2 aliphatic rings. The third-order valence-electron chi connectivity index (χ3n) is 5.30. The maximum Gasteiger partial charge on any atom is 0.317 e. The molecule has 2 fully saturated rings. The average Bonchev–Trinajstić information content (AvgIpc) is 3.10. The molecule has 132 valence electrons. The van der Waals surface area contributed by atoms with E-state index in [9.17, 15) is 9.90 Å². The number of rotatable bonds is 4. The summed E-state index contributed by atoms with van der Waals surface area (Å²) < 4.78 is 5.48. The second-order valence-corrected chi connectivity index (χ2v) is 7.16. The molecule has 0 aliphatic carbocycles. The first kappa shape index (κ1) is 17.2. The third kappa shape index (κ3) is 4.28. The van der Waals surface area contributed by atoms with Gasteiger partial charge < -0.3 is 20.1 Å². The first-order valence-corrected chi connectivity index (χ1v) is 8.99. The second-order valence-electron chi connectivity index (χ2n) is 7.16. The van der Waals surface area contributed by atoms with Crippen molar-refractivity contribution in [3.63, 3.8) is 0 Å². The van der Waals surface area contributed by atoms with Crippen molar-refractivity contribution in [1.29, 1.82) is 0 Å². The highest BCUT2D eigenvalue weighted by Gasteiger charge is 2.29. The van der Waals surface area contributed by atoms with Gasteiger partial charge in [0.15, 0.2) is 0 Å². The topological polar surface area (TPSA) is 61.8 Å². The number of aliphatic hydroxyl groups excluding tert-OH is 1. The van der Waals surface area contributed by atoms with E-state index in [2.05, 4.69) is 17.4 Å². The van der Waals surface area contributed by atoms with Gasteiger partial charge in [-0.25, -0.2) is 4.79 Å². The minimum atomic E-state index is -0.428. The number of nitrogens with zero attached hydrogens (tertiary/aromatic N) is 1. The van der Waals surface area contributed by atoms with Crippen LogP contribution in [0.3, 0.4) is 0 Å². The minimum absolute atomic E-state index is 0.0121. The molecule has 1 aromatic rings. The van der Waals surface area contributed by atoms with E-state index in [4.69, 9.17) is 4.74 Å². The lowest BCUT2D eigenvalue weighted by atomic mass is 9.94. The Morgan fingerprint density at radius 3 is 2.83 bits per heavy atom. The number of hydrogen-bond donors (Lipinski definition) is 2. The number of benzene rings is 1. The molecule has 2 heterocycles. The van der Waals surface area contributed by atoms with Gasteiger partial charge in [0.05, 0.1) is 12.1 Å². The molecule has 0 saturated carbocycles. The van der Waals surface area contributed by atoms with E-state index in [1.807, 2.05) is 25.1 Å². The molecule has 2 aliphatic heterocycles. The Morgan fingerprint density at radius 1 is 1.38 bits per heavy atom. The van der Waals surface area contributed by atoms with Crippen LogP contribution >= 0.6 is 0 Å². The average molecular weight is 332 g/mol. The zero-order valence-electron chi connectivity index (χ0n) is 14.4. The molecule has 5 heteroatoms. The second kappa shape index (κ2) is 7.99. The van der Waals surface area contributed by atoms with Crippen LogP contribution in [0.25, 0.3) is 0 Å². The van der Waals surface area contributed by atoms with Gasteiger partial charge in [0.1, 0.15) is 0 Å². The number of carbonyl (C=O) groups excluding carboxylic acids is 1. The third-order valence-corrected chi connectivity index (χ3v) is 5.30. The lowest BCUT2D eigenvalue weighted by molar-refractivity contribution is 0.0427. The number of likely N-dealkylation sites (tertiary alicyclic amines) is 1. The number of carbonyl (C=O) groups is 1. The Morgan fingerprint density at radius 2 is 2.17 bits per heavy atom. The van der Waals surface area contributed by atoms with Crippen LogP contribution in [-0.2, 0) is 4.74 Å². The van der Waals surface area contributed by atoms with Gasteiger partial charge in [0.25, 0.3) is 0 Å². The van der Waals surface area contributed by atoms with Gasteiger partial charge in [-0.15, -0.1) is 0 Å². The molecule has 4 unspecified atom stereocenters. The summed E-state index contributed by atoms with van der Waals surface area (Å²) in [6.45, 7) is 4.75. The lowest BCUT2D eigenvalue weighted by Gasteiger charge is -2.35. The molecule has 5 nitrogen and oxygen atoms in total. The number of amides is 2. The number of urea groups is 1. The normalized spacial score (nSPS) is 28.6. The molecule has 0 bridgehead atoms. The zero-order chi connectivity index (χ0) is 16.9. The van der Waals surface area contributed by atoms with E-state index in [1.54, 1.807) is 4.90 Å². The molecule has 2 N–H and O–H groups in total. The number of nitrogens with one attached hydrogen (secondary N) is 1. The van der Waals surface area contributed by atoms with E-state index in [0.717, 1.165) is 38.0 Å². The summed E-state index contributed by atoms with van der Waals surface area (Å²) in [6.07, 6.45) is 2.37. The van der Waals surface area contributed by atoms with Crippen LogP contribution in [0.4, 0.5) is 4.79 Å². The Balaban J connectivity index is 1.65. The smallest absolute Gasteiger partial charge is 0.317 e. The Labute approximate surface area is 144 Å². The summed E-state index contributed by atoms with van der Waals surface area (Å²) >= 11 is 0. The standard InChI is InChI=1S/C19H28N2O3/c1-14-7-9-21(12-18(14)22)19(23)20-17(11-15-8-10-24-13-15)16-5-3-2-4-6-16/h2-6,14-15,17-18,22H,7-13H2,1H3,(H,20,23). The molecule has 0 radical (unpaired) electrons. The van der Waals surface area contributed by atoms with E-state index in [-0.39, 0.29) is 18.0 Å². The van der Waals surface area contributed by atoms with Crippen molar-refractivity contribution in [3.8, 4) is 0 Å². The Hall–Kier alpha value is -1.59. The fourth-order valence-corrected chi connectivity index (χ4v) is 3.54. The summed E-state index contributed by atoms with van der Waals surface area (Å²) in [7, 11) is 0. The van der Waals surface area contributed by atoms with Crippen LogP contribution in [0.2, 0.25) is 0 Å². The molecule has 1 aromatic carbocycles. The van der Waals surface area contributed by atoms with Gasteiger partial charge in [-0.2, -0.15) is 0 Å². The summed E-state index contributed by atoms with van der Waals surface area (Å²) in [6, 6.07) is 10.0. The molecular formula is C19H28N2O3. The fraction of sp³-hybridized carbons (Fsp3) is 0.632. The predicted molar refractivity (Wildman–Crippen MR) is 92.6 cm³/mol. The first-order valence-electron chi connectivity index (χ1n) is 8.99. The minimum Gasteiger partial charge on any atom is -0.391 e. The van der Waals surface area contributed by atoms with Crippen molar-refractivity contribution >= 4 is 6.03 Å². The van der Waals surface area contributed by atoms with Crippen LogP contribution < -0.4 is 5.32 Å². The quantitative estimate of drug-likeness (QED) is 0.891. The number of aliphatic hydroxyl groups is 1. The summed E-state index contributed by atoms with van der Waals surface area (Å²) in [5.41, 5.74) is 1.13. The maximum atomic E-state index is 12.7. The fourth-order valence-electron chi connectivity index (χ4n) is 3.54. The van der Waals surface area contributed by atoms with Gasteiger partial charge in [-0.3, -0.25) is 0 Å². The summed E-state index contributed by atoms with van der Waals surface area (Å²) in [5.74, 6) is 0.747. The predicted octanol–water partition coefficient (Wildman–Crippen LogP) is 2.57. The highest BCUT2D eigenvalue weighted by Crippen LogP contribution is 2.27. The van der Waals surface area contributed by atoms with Gasteiger partial charge in [0.2, 0.25) is 0 Å². The Bertz CT molecular complexity index is 531. The van der Waals surface area contributed by atoms with Crippen molar-refractivity contribution in [3.05, 3.63) is 35.9 Å². The van der Waals surface area contributed by atoms with E-state index in [1.165, 1.54) is 0 Å². The number of β-amino-alcohol motifs (C(OH)–C–C–N with tert-alkyl or cyclic N) is 1. The van der Waals surface area contributed by atoms with Crippen LogP contribution in [-0.4, -0.2) is 48.4 Å². The van der Waals surface area contributed by atoms with Gasteiger partial charge in [-0.1, -0.05) is 37.3 Å². The van der Waals surface area contributed by atoms with Crippen molar-refractivity contribution in [2.75, 3.05) is 26.3 Å². The SMILES string of the molecule is CC1CCN(C(=O)NC(CC2CCOC2)c2ccccc2)CC1O. The number of ether oxygens (including phenoxy) is 1. The summed E-state index contributed by atoms with van der Waals surface area (Å²) in [5, 5.41) is 13.2. The van der Waals surface area contributed by atoms with Gasteiger partial charge in [0, 0.05) is 26.3 Å². The molecule has 2 saturated heterocycles. The van der Waals surface area contributed by atoms with Gasteiger partial charge in [-0.05, 0) is 36.7 Å². The highest BCUT2D eigenvalue weighted by molar-refractivity contribution is 5.75. The molecule has 0 spiro atoms. The van der Waals surface area contributed by atoms with Crippen LogP contribution in [0.1, 0.15) is 37.8 Å². The van der Waals surface area contributed by atoms with Crippen molar-refractivity contribution < 1.29 is 14.6 Å². The zero-order valence-corrected chi connectivity index (χ0v) is 14.4. The number of hydrogen-bond acceptors (Lipinski definition) is 3. The molecule has 0 aromatic heterocycles. The monoisotopic (exact) mass is 332 g/mol. The number of piperidine rings is 1. The molecule has 24 heavy (non-hydrogen) atoms. The lowest BCUT2D eigenvalue weighted by Crippen LogP contribution is -2.50. The van der Waals surface area contributed by atoms with E-state index in [0.29, 0.717) is 19.0 Å². The largest absolute Gasteiger partial charge is 0.391 e. The maximum absolute atomic E-state index is 12.7. The molecule has 2 amide bonds. The van der Waals surface area contributed by atoms with Crippen molar-refractivity contribution in [1.82, 2.24) is 10.2 Å². The van der Waals surface area contributed by atoms with E-state index < -0.39 is 6.10 Å². The van der Waals surface area contributed by atoms with Crippen molar-refractivity contribution in [2.24, 2.45) is 11.8 Å². The first-order chi connectivity index (χ1) is 11.6. The van der Waals surface area contributed by atoms with Crippen molar-refractivity contribution in [2.45, 2.75) is 38.3 Å². The molecule has 3 rings (SSSR count). The van der Waals surface area contributed by atoms with Crippen LogP contribution in [0, 0.1) is 11.8 Å². The Kier molecular flexibility index (Phi) is 5.74. The highest BCUT2D eigenvalue weighted by atomic mass is 16.5. The van der Waals surface area contributed by atoms with E-state index >= 15 is 0 Å². The molecule has 4 atom stereocenters. The molecular weight excluding hydrogens is 304 g/mol.